The Morgan fingerprint density at radius 3 is 2.57 bits per heavy atom. The molecule has 0 heterocycles. The molecular formula is C22H23F2NO5. The van der Waals surface area contributed by atoms with Gasteiger partial charge in [0.2, 0.25) is 0 Å². The minimum Gasteiger partial charge on any atom is -0.490 e. The summed E-state index contributed by atoms with van der Waals surface area (Å²) in [5.41, 5.74) is 3.21. The molecule has 0 aliphatic heterocycles. The van der Waals surface area contributed by atoms with E-state index < -0.39 is 24.6 Å². The molecule has 6 nitrogen and oxygen atoms in total. The Bertz CT molecular complexity index is 932. The van der Waals surface area contributed by atoms with Crippen LogP contribution < -0.4 is 14.8 Å². The number of hydrogen-bond acceptors (Lipinski definition) is 5. The van der Waals surface area contributed by atoms with Crippen molar-refractivity contribution in [2.45, 2.75) is 45.8 Å². The minimum atomic E-state index is -3.02. The highest BCUT2D eigenvalue weighted by molar-refractivity contribution is 5.97. The normalized spacial score (nSPS) is 13.5. The summed E-state index contributed by atoms with van der Waals surface area (Å²) >= 11 is 0. The zero-order valence-electron chi connectivity index (χ0n) is 16.7. The van der Waals surface area contributed by atoms with Crippen LogP contribution in [0.3, 0.4) is 0 Å². The van der Waals surface area contributed by atoms with E-state index in [0.29, 0.717) is 5.69 Å². The van der Waals surface area contributed by atoms with Gasteiger partial charge in [0, 0.05) is 5.69 Å². The van der Waals surface area contributed by atoms with Crippen molar-refractivity contribution < 1.29 is 32.6 Å². The Morgan fingerprint density at radius 2 is 1.83 bits per heavy atom. The van der Waals surface area contributed by atoms with E-state index in [1.807, 2.05) is 18.2 Å². The molecule has 8 heteroatoms. The largest absolute Gasteiger partial charge is 0.490 e. The molecule has 160 valence electrons. The zero-order chi connectivity index (χ0) is 21.7. The van der Waals surface area contributed by atoms with Crippen LogP contribution in [0.25, 0.3) is 0 Å². The number of benzene rings is 2. The Hall–Kier alpha value is -3.16. The van der Waals surface area contributed by atoms with Crippen molar-refractivity contribution in [1.82, 2.24) is 0 Å². The molecule has 0 bridgehead atoms. The van der Waals surface area contributed by atoms with Crippen LogP contribution in [0.5, 0.6) is 11.5 Å². The summed E-state index contributed by atoms with van der Waals surface area (Å²) in [5, 5.41) is 2.75. The maximum absolute atomic E-state index is 12.5. The Labute approximate surface area is 173 Å². The summed E-state index contributed by atoms with van der Waals surface area (Å²) in [4.78, 5) is 24.8. The highest BCUT2D eigenvalue weighted by Crippen LogP contribution is 2.30. The van der Waals surface area contributed by atoms with Crippen LogP contribution in [-0.2, 0) is 22.4 Å². The lowest BCUT2D eigenvalue weighted by molar-refractivity contribution is -0.123. The lowest BCUT2D eigenvalue weighted by Gasteiger charge is -2.15. The Morgan fingerprint density at radius 1 is 1.07 bits per heavy atom. The van der Waals surface area contributed by atoms with Crippen molar-refractivity contribution in [2.24, 2.45) is 0 Å². The van der Waals surface area contributed by atoms with Gasteiger partial charge in [0.15, 0.2) is 17.6 Å². The number of hydrogen-bond donors (Lipinski definition) is 1. The molecule has 1 aliphatic carbocycles. The lowest BCUT2D eigenvalue weighted by atomic mass is 10.1. The van der Waals surface area contributed by atoms with Crippen LogP contribution in [0.4, 0.5) is 14.5 Å². The fraction of sp³-hybridized carbons (Fsp3) is 0.364. The number of anilines is 1. The third-order valence-corrected chi connectivity index (χ3v) is 4.71. The quantitative estimate of drug-likeness (QED) is 0.644. The van der Waals surface area contributed by atoms with E-state index in [4.69, 9.17) is 9.47 Å². The molecule has 30 heavy (non-hydrogen) atoms. The van der Waals surface area contributed by atoms with Crippen LogP contribution >= 0.6 is 0 Å². The third kappa shape index (κ3) is 5.25. The molecule has 1 atom stereocenters. The average Bonchev–Trinajstić information content (AvgIpc) is 3.16. The second-order valence-electron chi connectivity index (χ2n) is 6.85. The van der Waals surface area contributed by atoms with Gasteiger partial charge >= 0.3 is 12.6 Å². The molecule has 0 unspecified atom stereocenters. The van der Waals surface area contributed by atoms with Gasteiger partial charge in [-0.1, -0.05) is 6.07 Å². The van der Waals surface area contributed by atoms with Gasteiger partial charge in [-0.15, -0.1) is 0 Å². The molecule has 0 aromatic heterocycles. The van der Waals surface area contributed by atoms with Crippen molar-refractivity contribution in [3.8, 4) is 11.5 Å². The van der Waals surface area contributed by atoms with E-state index >= 15 is 0 Å². The number of carbonyl (C=O) groups is 2. The van der Waals surface area contributed by atoms with Gasteiger partial charge in [-0.05, 0) is 74.6 Å². The van der Waals surface area contributed by atoms with Gasteiger partial charge in [0.1, 0.15) is 0 Å². The summed E-state index contributed by atoms with van der Waals surface area (Å²) < 4.78 is 39.8. The lowest BCUT2D eigenvalue weighted by Crippen LogP contribution is -2.30. The van der Waals surface area contributed by atoms with Crippen molar-refractivity contribution in [1.29, 1.82) is 0 Å². The number of nitrogens with one attached hydrogen (secondary N) is 1. The van der Waals surface area contributed by atoms with Crippen molar-refractivity contribution in [3.05, 3.63) is 53.1 Å². The van der Waals surface area contributed by atoms with Crippen molar-refractivity contribution in [2.75, 3.05) is 11.9 Å². The number of rotatable bonds is 8. The smallest absolute Gasteiger partial charge is 0.387 e. The van der Waals surface area contributed by atoms with Crippen LogP contribution in [0, 0.1) is 0 Å². The first-order valence-electron chi connectivity index (χ1n) is 9.72. The van der Waals surface area contributed by atoms with Crippen molar-refractivity contribution >= 4 is 17.6 Å². The zero-order valence-corrected chi connectivity index (χ0v) is 16.7. The first-order valence-corrected chi connectivity index (χ1v) is 9.72. The highest BCUT2D eigenvalue weighted by atomic mass is 19.3. The standard InChI is InChI=1S/C22H23F2NO5/c1-3-28-19-12-16(8-10-18(19)30-22(23)24)21(27)29-13(2)20(26)25-17-9-7-14-5-4-6-15(14)11-17/h7-13,22H,3-6H2,1-2H3,(H,25,26)/t13-/m1/s1. The van der Waals surface area contributed by atoms with E-state index in [1.54, 1.807) is 6.92 Å². The second-order valence-corrected chi connectivity index (χ2v) is 6.85. The van der Waals surface area contributed by atoms with Gasteiger partial charge < -0.3 is 19.5 Å². The van der Waals surface area contributed by atoms with Gasteiger partial charge in [0.25, 0.3) is 5.91 Å². The van der Waals surface area contributed by atoms with Crippen LogP contribution in [0.15, 0.2) is 36.4 Å². The number of amides is 1. The Kier molecular flexibility index (Phi) is 6.87. The predicted octanol–water partition coefficient (Wildman–Crippen LogP) is 4.36. The van der Waals surface area contributed by atoms with Crippen LogP contribution in [0.2, 0.25) is 0 Å². The molecule has 0 radical (unpaired) electrons. The SMILES string of the molecule is CCOc1cc(C(=O)O[C@H](C)C(=O)Nc2ccc3c(c2)CCC3)ccc1OC(F)F. The third-order valence-electron chi connectivity index (χ3n) is 4.71. The first-order chi connectivity index (χ1) is 14.4. The number of carbonyl (C=O) groups excluding carboxylic acids is 2. The summed E-state index contributed by atoms with van der Waals surface area (Å²) in [6, 6.07) is 9.47. The molecular weight excluding hydrogens is 396 g/mol. The molecule has 3 rings (SSSR count). The minimum absolute atomic E-state index is 0.0116. The van der Waals surface area contributed by atoms with E-state index in [0.717, 1.165) is 19.3 Å². The Balaban J connectivity index is 1.64. The summed E-state index contributed by atoms with van der Waals surface area (Å²) in [6.07, 6.45) is 2.07. The molecule has 0 saturated carbocycles. The van der Waals surface area contributed by atoms with E-state index in [9.17, 15) is 18.4 Å². The van der Waals surface area contributed by atoms with E-state index in [2.05, 4.69) is 10.1 Å². The van der Waals surface area contributed by atoms with Gasteiger partial charge in [-0.25, -0.2) is 4.79 Å². The number of fused-ring (bicyclic) bond motifs is 1. The fourth-order valence-electron chi connectivity index (χ4n) is 3.27. The molecule has 1 amide bonds. The van der Waals surface area contributed by atoms with Gasteiger partial charge in [0.05, 0.1) is 12.2 Å². The topological polar surface area (TPSA) is 73.9 Å². The van der Waals surface area contributed by atoms with Crippen LogP contribution in [0.1, 0.15) is 41.8 Å². The summed E-state index contributed by atoms with van der Waals surface area (Å²) in [6.45, 7) is 0.295. The molecule has 1 N–H and O–H groups in total. The fourth-order valence-corrected chi connectivity index (χ4v) is 3.27. The van der Waals surface area contributed by atoms with E-state index in [-0.39, 0.29) is 23.7 Å². The number of ether oxygens (including phenoxy) is 3. The first kappa shape index (κ1) is 21.5. The number of halogens is 2. The number of aryl methyl sites for hydroxylation is 2. The summed E-state index contributed by atoms with van der Waals surface area (Å²) in [5.74, 6) is -1.45. The molecule has 2 aromatic rings. The number of alkyl halides is 2. The van der Waals surface area contributed by atoms with Crippen molar-refractivity contribution in [3.63, 3.8) is 0 Å². The molecule has 0 fully saturated rings. The molecule has 0 saturated heterocycles. The van der Waals surface area contributed by atoms with Gasteiger partial charge in [-0.3, -0.25) is 4.79 Å². The molecule has 1 aliphatic rings. The predicted molar refractivity (Wildman–Crippen MR) is 106 cm³/mol. The monoisotopic (exact) mass is 419 g/mol. The average molecular weight is 419 g/mol. The van der Waals surface area contributed by atoms with Crippen LogP contribution in [-0.4, -0.2) is 31.2 Å². The number of esters is 1. The van der Waals surface area contributed by atoms with E-state index in [1.165, 1.54) is 36.2 Å². The maximum Gasteiger partial charge on any atom is 0.387 e. The summed E-state index contributed by atoms with van der Waals surface area (Å²) in [7, 11) is 0. The molecule has 2 aromatic carbocycles. The van der Waals surface area contributed by atoms with Gasteiger partial charge in [-0.2, -0.15) is 8.78 Å². The maximum atomic E-state index is 12.5. The highest BCUT2D eigenvalue weighted by Gasteiger charge is 2.21. The second kappa shape index (κ2) is 9.56. The molecule has 0 spiro atoms.